The molecule has 0 unspecified atom stereocenters. The Kier molecular flexibility index (Phi) is 3.19. The number of hydrogen-bond acceptors (Lipinski definition) is 1. The summed E-state index contributed by atoms with van der Waals surface area (Å²) in [7, 11) is 0. The topological polar surface area (TPSA) is 28.7 Å². The molecule has 0 radical (unpaired) electrons. The summed E-state index contributed by atoms with van der Waals surface area (Å²) in [6.07, 6.45) is 1.84. The van der Waals surface area contributed by atoms with Gasteiger partial charge in [0.05, 0.1) is 15.7 Å². The third kappa shape index (κ3) is 2.48. The van der Waals surface area contributed by atoms with Crippen LogP contribution in [0.2, 0.25) is 10.0 Å². The molecule has 0 aliphatic heterocycles. The van der Waals surface area contributed by atoms with E-state index in [1.807, 2.05) is 24.4 Å². The van der Waals surface area contributed by atoms with E-state index in [1.165, 1.54) is 0 Å². The Hall–Kier alpha value is -0.990. The van der Waals surface area contributed by atoms with E-state index >= 15 is 0 Å². The minimum atomic E-state index is -0.0218. The van der Waals surface area contributed by atoms with Crippen LogP contribution in [0.15, 0.2) is 24.4 Å². The fraction of sp³-hybridized carbons (Fsp3) is 0.308. The molecule has 2 aromatic rings. The van der Waals surface area contributed by atoms with Gasteiger partial charge in [-0.05, 0) is 12.1 Å². The third-order valence-corrected chi connectivity index (χ3v) is 3.14. The maximum absolute atomic E-state index is 6.15. The largest absolute Gasteiger partial charge is 0.348 e. The number of H-pyrrole nitrogens is 1. The minimum absolute atomic E-state index is 0.0218. The summed E-state index contributed by atoms with van der Waals surface area (Å²) < 4.78 is 0. The van der Waals surface area contributed by atoms with Crippen LogP contribution in [0.25, 0.3) is 11.3 Å². The molecule has 0 bridgehead atoms. The first-order valence-corrected chi connectivity index (χ1v) is 6.15. The average Bonchev–Trinajstić information content (AvgIpc) is 2.65. The molecule has 1 aromatic carbocycles. The van der Waals surface area contributed by atoms with E-state index in [0.717, 1.165) is 17.1 Å². The van der Waals surface area contributed by atoms with Gasteiger partial charge in [-0.2, -0.15) is 0 Å². The van der Waals surface area contributed by atoms with Gasteiger partial charge in [-0.25, -0.2) is 4.98 Å². The van der Waals surface area contributed by atoms with Crippen molar-refractivity contribution >= 4 is 23.2 Å². The van der Waals surface area contributed by atoms with Crippen LogP contribution in [0.3, 0.4) is 0 Å². The summed E-state index contributed by atoms with van der Waals surface area (Å²) in [6.45, 7) is 6.30. The molecule has 0 saturated heterocycles. The molecule has 90 valence electrons. The minimum Gasteiger partial charge on any atom is -0.348 e. The Morgan fingerprint density at radius 3 is 2.18 bits per heavy atom. The van der Waals surface area contributed by atoms with Gasteiger partial charge in [-0.15, -0.1) is 0 Å². The standard InChI is InChI=1S/C13H14Cl2N2/c1-13(2,3)12-16-7-10(17-12)11-8(14)5-4-6-9(11)15/h4-7H,1-3H3,(H,16,17). The molecule has 2 rings (SSSR count). The lowest BCUT2D eigenvalue weighted by atomic mass is 9.96. The molecule has 0 fully saturated rings. The predicted molar refractivity (Wildman–Crippen MR) is 72.7 cm³/mol. The van der Waals surface area contributed by atoms with Crippen LogP contribution >= 0.6 is 23.2 Å². The Morgan fingerprint density at radius 1 is 1.12 bits per heavy atom. The van der Waals surface area contributed by atoms with Gasteiger partial charge in [0.1, 0.15) is 5.82 Å². The van der Waals surface area contributed by atoms with Crippen LogP contribution in [0.5, 0.6) is 0 Å². The molecule has 2 nitrogen and oxygen atoms in total. The number of halogens is 2. The van der Waals surface area contributed by atoms with Crippen molar-refractivity contribution in [2.75, 3.05) is 0 Å². The zero-order valence-corrected chi connectivity index (χ0v) is 11.5. The maximum Gasteiger partial charge on any atom is 0.112 e. The van der Waals surface area contributed by atoms with Crippen molar-refractivity contribution in [3.63, 3.8) is 0 Å². The van der Waals surface area contributed by atoms with Gasteiger partial charge in [-0.3, -0.25) is 0 Å². The monoisotopic (exact) mass is 268 g/mol. The van der Waals surface area contributed by atoms with Gasteiger partial charge < -0.3 is 4.98 Å². The van der Waals surface area contributed by atoms with Crippen molar-refractivity contribution in [1.29, 1.82) is 0 Å². The number of rotatable bonds is 1. The highest BCUT2D eigenvalue weighted by Gasteiger charge is 2.19. The molecule has 0 aliphatic rings. The summed E-state index contributed by atoms with van der Waals surface area (Å²) in [5.41, 5.74) is 1.54. The molecule has 17 heavy (non-hydrogen) atoms. The first-order chi connectivity index (χ1) is 7.89. The van der Waals surface area contributed by atoms with E-state index in [0.29, 0.717) is 10.0 Å². The summed E-state index contributed by atoms with van der Waals surface area (Å²) in [5, 5.41) is 1.23. The lowest BCUT2D eigenvalue weighted by Crippen LogP contribution is -2.13. The predicted octanol–water partition coefficient (Wildman–Crippen LogP) is 4.68. The van der Waals surface area contributed by atoms with Gasteiger partial charge in [0.15, 0.2) is 0 Å². The highest BCUT2D eigenvalue weighted by Crippen LogP contribution is 2.34. The van der Waals surface area contributed by atoms with Crippen LogP contribution in [-0.2, 0) is 5.41 Å². The SMILES string of the molecule is CC(C)(C)c1nc(-c2c(Cl)cccc2Cl)c[nH]1. The lowest BCUT2D eigenvalue weighted by Gasteiger charge is -2.14. The van der Waals surface area contributed by atoms with E-state index < -0.39 is 0 Å². The van der Waals surface area contributed by atoms with E-state index in [1.54, 1.807) is 0 Å². The highest BCUT2D eigenvalue weighted by atomic mass is 35.5. The molecule has 0 amide bonds. The summed E-state index contributed by atoms with van der Waals surface area (Å²) in [4.78, 5) is 7.72. The van der Waals surface area contributed by atoms with Gasteiger partial charge >= 0.3 is 0 Å². The first-order valence-electron chi connectivity index (χ1n) is 5.40. The average molecular weight is 269 g/mol. The Balaban J connectivity index is 2.51. The van der Waals surface area contributed by atoms with Crippen LogP contribution < -0.4 is 0 Å². The third-order valence-electron chi connectivity index (χ3n) is 2.51. The summed E-state index contributed by atoms with van der Waals surface area (Å²) in [6, 6.07) is 5.45. The van der Waals surface area contributed by atoms with Crippen molar-refractivity contribution in [3.05, 3.63) is 40.3 Å². The normalized spacial score (nSPS) is 11.8. The van der Waals surface area contributed by atoms with Crippen molar-refractivity contribution in [1.82, 2.24) is 9.97 Å². The second-order valence-electron chi connectivity index (χ2n) is 4.98. The number of aromatic amines is 1. The zero-order chi connectivity index (χ0) is 12.6. The number of aromatic nitrogens is 2. The quantitative estimate of drug-likeness (QED) is 0.799. The van der Waals surface area contributed by atoms with E-state index in [2.05, 4.69) is 30.7 Å². The number of nitrogens with zero attached hydrogens (tertiary/aromatic N) is 1. The Bertz CT molecular complexity index is 518. The number of hydrogen-bond donors (Lipinski definition) is 1. The van der Waals surface area contributed by atoms with Gasteiger partial charge in [-0.1, -0.05) is 50.0 Å². The van der Waals surface area contributed by atoms with Gasteiger partial charge in [0, 0.05) is 17.2 Å². The summed E-state index contributed by atoms with van der Waals surface area (Å²) >= 11 is 12.3. The van der Waals surface area contributed by atoms with Crippen molar-refractivity contribution in [2.24, 2.45) is 0 Å². The molecule has 1 heterocycles. The summed E-state index contributed by atoms with van der Waals surface area (Å²) in [5.74, 6) is 0.920. The fourth-order valence-corrected chi connectivity index (χ4v) is 2.17. The van der Waals surface area contributed by atoms with Gasteiger partial charge in [0.2, 0.25) is 0 Å². The van der Waals surface area contributed by atoms with Crippen LogP contribution in [-0.4, -0.2) is 9.97 Å². The van der Waals surface area contributed by atoms with Crippen molar-refractivity contribution < 1.29 is 0 Å². The molecule has 0 spiro atoms. The highest BCUT2D eigenvalue weighted by molar-refractivity contribution is 6.39. The molecular weight excluding hydrogens is 255 g/mol. The number of nitrogens with one attached hydrogen (secondary N) is 1. The first kappa shape index (κ1) is 12.5. The molecule has 1 N–H and O–H groups in total. The maximum atomic E-state index is 6.15. The molecule has 0 saturated carbocycles. The van der Waals surface area contributed by atoms with Crippen molar-refractivity contribution in [2.45, 2.75) is 26.2 Å². The van der Waals surface area contributed by atoms with Gasteiger partial charge in [0.25, 0.3) is 0 Å². The lowest BCUT2D eigenvalue weighted by molar-refractivity contribution is 0.553. The molecule has 1 aromatic heterocycles. The van der Waals surface area contributed by atoms with Crippen molar-refractivity contribution in [3.8, 4) is 11.3 Å². The fourth-order valence-electron chi connectivity index (χ4n) is 1.58. The second kappa shape index (κ2) is 4.35. The van der Waals surface area contributed by atoms with Crippen LogP contribution in [0.4, 0.5) is 0 Å². The second-order valence-corrected chi connectivity index (χ2v) is 5.80. The smallest absolute Gasteiger partial charge is 0.112 e. The molecule has 4 heteroatoms. The Morgan fingerprint density at radius 2 is 1.71 bits per heavy atom. The zero-order valence-electron chi connectivity index (χ0n) is 10.0. The van der Waals surface area contributed by atoms with E-state index in [-0.39, 0.29) is 5.41 Å². The van der Waals surface area contributed by atoms with E-state index in [9.17, 15) is 0 Å². The molecular formula is C13H14Cl2N2. The molecule has 0 atom stereocenters. The Labute approximate surface area is 111 Å². The molecule has 0 aliphatic carbocycles. The van der Waals surface area contributed by atoms with Crippen LogP contribution in [0.1, 0.15) is 26.6 Å². The number of benzene rings is 1. The van der Waals surface area contributed by atoms with E-state index in [4.69, 9.17) is 23.2 Å². The number of imidazole rings is 1. The van der Waals surface area contributed by atoms with Crippen LogP contribution in [0, 0.1) is 0 Å².